The summed E-state index contributed by atoms with van der Waals surface area (Å²) in [5.74, 6) is -0.270. The highest BCUT2D eigenvalue weighted by Crippen LogP contribution is 2.40. The molecule has 0 radical (unpaired) electrons. The molecule has 0 saturated carbocycles. The summed E-state index contributed by atoms with van der Waals surface area (Å²) in [5, 5.41) is 17.2. The molecule has 5 aromatic carbocycles. The summed E-state index contributed by atoms with van der Waals surface area (Å²) < 4.78 is 6.56. The Morgan fingerprint density at radius 1 is 0.925 bits per heavy atom. The fourth-order valence-electron chi connectivity index (χ4n) is 4.78. The Bertz CT molecular complexity index is 1720. The van der Waals surface area contributed by atoms with Crippen LogP contribution in [0.25, 0.3) is 10.8 Å². The molecule has 0 aromatic heterocycles. The molecule has 0 unspecified atom stereocenters. The number of nitrogens with one attached hydrogen (secondary N) is 2. The SMILES string of the molecule is O=C(NN1C(=O)c2cc(Br)ccc2N[C@@H]1c1c(O)ccc2ccccc12)c1ccc(OCc2ccccc2)cc1. The maximum absolute atomic E-state index is 13.8. The molecule has 0 bridgehead atoms. The van der Waals surface area contributed by atoms with Crippen molar-refractivity contribution in [2.24, 2.45) is 0 Å². The smallest absolute Gasteiger partial charge is 0.276 e. The van der Waals surface area contributed by atoms with E-state index in [2.05, 4.69) is 26.7 Å². The average molecular weight is 594 g/mol. The maximum Gasteiger partial charge on any atom is 0.276 e. The first-order valence-electron chi connectivity index (χ1n) is 12.7. The quantitative estimate of drug-likeness (QED) is 0.201. The number of fused-ring (bicyclic) bond motifs is 2. The standard InChI is InChI=1S/C32H24BrN3O4/c33-23-13-16-27-26(18-23)32(39)36(30(34-27)29-25-9-5-4-8-21(25)12-17-28(29)37)35-31(38)22-10-14-24(15-11-22)40-19-20-6-2-1-3-7-20/h1-18,30,34,37H,19H2,(H,35,38)/t30-/m0/s1. The molecule has 0 fully saturated rings. The van der Waals surface area contributed by atoms with Crippen molar-refractivity contribution in [2.75, 3.05) is 5.32 Å². The number of halogens is 1. The van der Waals surface area contributed by atoms with Gasteiger partial charge in [0.25, 0.3) is 11.8 Å². The van der Waals surface area contributed by atoms with Crippen molar-refractivity contribution in [3.63, 3.8) is 0 Å². The minimum atomic E-state index is -0.871. The van der Waals surface area contributed by atoms with Crippen molar-refractivity contribution in [1.82, 2.24) is 10.4 Å². The van der Waals surface area contributed by atoms with E-state index in [1.54, 1.807) is 42.5 Å². The van der Waals surface area contributed by atoms with E-state index in [0.29, 0.717) is 34.7 Å². The van der Waals surface area contributed by atoms with Gasteiger partial charge in [-0.2, -0.15) is 0 Å². The number of hydrogen-bond donors (Lipinski definition) is 3. The number of anilines is 1. The number of hydrogen-bond acceptors (Lipinski definition) is 5. The monoisotopic (exact) mass is 593 g/mol. The van der Waals surface area contributed by atoms with E-state index in [1.807, 2.05) is 66.7 Å². The van der Waals surface area contributed by atoms with Crippen molar-refractivity contribution in [3.8, 4) is 11.5 Å². The summed E-state index contributed by atoms with van der Waals surface area (Å²) in [6.45, 7) is 0.408. The van der Waals surface area contributed by atoms with Gasteiger partial charge in [0.05, 0.1) is 5.56 Å². The number of amides is 2. The minimum absolute atomic E-state index is 0.00345. The van der Waals surface area contributed by atoms with Crippen molar-refractivity contribution in [2.45, 2.75) is 12.8 Å². The fourth-order valence-corrected chi connectivity index (χ4v) is 5.14. The van der Waals surface area contributed by atoms with Crippen molar-refractivity contribution in [3.05, 3.63) is 136 Å². The number of rotatable bonds is 6. The van der Waals surface area contributed by atoms with Gasteiger partial charge in [-0.1, -0.05) is 76.6 Å². The number of hydrazine groups is 1. The average Bonchev–Trinajstić information content (AvgIpc) is 2.98. The number of carbonyl (C=O) groups excluding carboxylic acids is 2. The molecular weight excluding hydrogens is 570 g/mol. The van der Waals surface area contributed by atoms with Crippen LogP contribution in [-0.2, 0) is 6.61 Å². The number of nitrogens with zero attached hydrogens (tertiary/aromatic N) is 1. The second kappa shape index (κ2) is 10.7. The van der Waals surface area contributed by atoms with Crippen molar-refractivity contribution in [1.29, 1.82) is 0 Å². The van der Waals surface area contributed by atoms with Gasteiger partial charge in [-0.25, -0.2) is 5.01 Å². The third-order valence-electron chi connectivity index (χ3n) is 6.79. The lowest BCUT2D eigenvalue weighted by molar-refractivity contribution is 0.0490. The zero-order valence-corrected chi connectivity index (χ0v) is 22.8. The van der Waals surface area contributed by atoms with Crippen LogP contribution in [0.5, 0.6) is 11.5 Å². The van der Waals surface area contributed by atoms with E-state index in [9.17, 15) is 14.7 Å². The second-order valence-corrected chi connectivity index (χ2v) is 10.3. The molecule has 8 heteroatoms. The summed E-state index contributed by atoms with van der Waals surface area (Å²) in [4.78, 5) is 27.2. The molecule has 1 aliphatic rings. The molecule has 198 valence electrons. The molecule has 1 heterocycles. The number of benzene rings is 5. The number of ether oxygens (including phenoxy) is 1. The Hall–Kier alpha value is -4.82. The predicted molar refractivity (Wildman–Crippen MR) is 157 cm³/mol. The third kappa shape index (κ3) is 4.97. The topological polar surface area (TPSA) is 90.9 Å². The zero-order chi connectivity index (χ0) is 27.6. The van der Waals surface area contributed by atoms with Crippen LogP contribution in [0.3, 0.4) is 0 Å². The summed E-state index contributed by atoms with van der Waals surface area (Å²) >= 11 is 3.43. The van der Waals surface area contributed by atoms with Gasteiger partial charge in [-0.3, -0.25) is 15.0 Å². The van der Waals surface area contributed by atoms with Gasteiger partial charge in [0.1, 0.15) is 18.1 Å². The Morgan fingerprint density at radius 2 is 1.68 bits per heavy atom. The molecule has 0 aliphatic carbocycles. The molecule has 0 spiro atoms. The van der Waals surface area contributed by atoms with Gasteiger partial charge >= 0.3 is 0 Å². The third-order valence-corrected chi connectivity index (χ3v) is 7.28. The molecular formula is C32H24BrN3O4. The van der Waals surface area contributed by atoms with E-state index in [-0.39, 0.29) is 5.75 Å². The minimum Gasteiger partial charge on any atom is -0.507 e. The van der Waals surface area contributed by atoms with Crippen molar-refractivity contribution >= 4 is 44.2 Å². The lowest BCUT2D eigenvalue weighted by Gasteiger charge is -2.38. The molecule has 0 saturated heterocycles. The van der Waals surface area contributed by atoms with Gasteiger partial charge in [-0.15, -0.1) is 0 Å². The summed E-state index contributed by atoms with van der Waals surface area (Å²) in [6, 6.07) is 32.8. The molecule has 40 heavy (non-hydrogen) atoms. The highest BCUT2D eigenvalue weighted by atomic mass is 79.9. The fraction of sp³-hybridized carbons (Fsp3) is 0.0625. The Kier molecular flexibility index (Phi) is 6.84. The lowest BCUT2D eigenvalue weighted by atomic mass is 9.98. The number of phenolic OH excluding ortho intramolecular Hbond substituents is 1. The van der Waals surface area contributed by atoms with Crippen LogP contribution in [0.4, 0.5) is 5.69 Å². The van der Waals surface area contributed by atoms with E-state index < -0.39 is 18.0 Å². The van der Waals surface area contributed by atoms with Gasteiger partial charge in [0.15, 0.2) is 6.17 Å². The Morgan fingerprint density at radius 3 is 2.48 bits per heavy atom. The molecule has 7 nitrogen and oxygen atoms in total. The van der Waals surface area contributed by atoms with Crippen LogP contribution in [0.2, 0.25) is 0 Å². The molecule has 1 atom stereocenters. The maximum atomic E-state index is 13.8. The van der Waals surface area contributed by atoms with E-state index >= 15 is 0 Å². The van der Waals surface area contributed by atoms with Crippen LogP contribution in [0, 0.1) is 0 Å². The van der Waals surface area contributed by atoms with Crippen molar-refractivity contribution < 1.29 is 19.4 Å². The van der Waals surface area contributed by atoms with Gasteiger partial charge < -0.3 is 15.2 Å². The van der Waals surface area contributed by atoms with E-state index in [0.717, 1.165) is 20.8 Å². The van der Waals surface area contributed by atoms with E-state index in [1.165, 1.54) is 5.01 Å². The highest BCUT2D eigenvalue weighted by Gasteiger charge is 2.37. The zero-order valence-electron chi connectivity index (χ0n) is 21.2. The molecule has 1 aliphatic heterocycles. The van der Waals surface area contributed by atoms with Gasteiger partial charge in [-0.05, 0) is 64.9 Å². The summed E-state index contributed by atoms with van der Waals surface area (Å²) in [7, 11) is 0. The first-order chi connectivity index (χ1) is 19.5. The lowest BCUT2D eigenvalue weighted by Crippen LogP contribution is -2.53. The molecule has 2 amide bonds. The first-order valence-corrected chi connectivity index (χ1v) is 13.5. The number of aromatic hydroxyl groups is 1. The van der Waals surface area contributed by atoms with Crippen LogP contribution >= 0.6 is 15.9 Å². The molecule has 6 rings (SSSR count). The number of carbonyl (C=O) groups is 2. The van der Waals surface area contributed by atoms with Crippen LogP contribution in [0.1, 0.15) is 38.0 Å². The normalized spacial score (nSPS) is 14.4. The first kappa shape index (κ1) is 25.5. The van der Waals surface area contributed by atoms with Gasteiger partial charge in [0.2, 0.25) is 0 Å². The second-order valence-electron chi connectivity index (χ2n) is 9.37. The van der Waals surface area contributed by atoms with Gasteiger partial charge in [0, 0.05) is 21.3 Å². The number of phenols is 1. The highest BCUT2D eigenvalue weighted by molar-refractivity contribution is 9.10. The van der Waals surface area contributed by atoms with E-state index in [4.69, 9.17) is 4.74 Å². The Balaban J connectivity index is 1.31. The van der Waals surface area contributed by atoms with Crippen LogP contribution < -0.4 is 15.5 Å². The molecule has 5 aromatic rings. The summed E-state index contributed by atoms with van der Waals surface area (Å²) in [5.41, 5.74) is 5.62. The molecule has 3 N–H and O–H groups in total. The van der Waals surface area contributed by atoms with Crippen LogP contribution in [0.15, 0.2) is 114 Å². The predicted octanol–water partition coefficient (Wildman–Crippen LogP) is 6.80. The largest absolute Gasteiger partial charge is 0.507 e. The Labute approximate surface area is 239 Å². The summed E-state index contributed by atoms with van der Waals surface area (Å²) in [6.07, 6.45) is -0.871. The van der Waals surface area contributed by atoms with Crippen LogP contribution in [-0.4, -0.2) is 21.9 Å².